The van der Waals surface area contributed by atoms with Gasteiger partial charge in [-0.2, -0.15) is 0 Å². The summed E-state index contributed by atoms with van der Waals surface area (Å²) in [5.41, 5.74) is 2.07. The third-order valence-corrected chi connectivity index (χ3v) is 4.73. The topological polar surface area (TPSA) is 46.9 Å². The van der Waals surface area contributed by atoms with Crippen molar-refractivity contribution in [2.75, 3.05) is 5.32 Å². The van der Waals surface area contributed by atoms with Crippen LogP contribution in [0.5, 0.6) is 0 Å². The average Bonchev–Trinajstić information content (AvgIpc) is 2.90. The van der Waals surface area contributed by atoms with Crippen LogP contribution in [0.4, 0.5) is 5.69 Å². The number of hydrogen-bond donors (Lipinski definition) is 1. The molecule has 2 unspecified atom stereocenters. The van der Waals surface area contributed by atoms with E-state index in [0.29, 0.717) is 0 Å². The normalized spacial score (nSPS) is 26.4. The first-order chi connectivity index (χ1) is 10.3. The van der Waals surface area contributed by atoms with Crippen LogP contribution in [-0.2, 0) is 11.3 Å². The fraction of sp³-hybridized carbons (Fsp3) is 0.412. The highest BCUT2D eigenvalue weighted by Crippen LogP contribution is 2.54. The van der Waals surface area contributed by atoms with Crippen molar-refractivity contribution >= 4 is 11.6 Å². The Labute approximate surface area is 124 Å². The number of fused-ring (bicyclic) bond motifs is 1. The zero-order valence-corrected chi connectivity index (χ0v) is 11.9. The molecule has 108 valence electrons. The largest absolute Gasteiger partial charge is 0.333 e. The molecule has 2 atom stereocenters. The van der Waals surface area contributed by atoms with Crippen molar-refractivity contribution in [2.45, 2.75) is 25.8 Å². The van der Waals surface area contributed by atoms with E-state index in [1.165, 1.54) is 12.0 Å². The minimum atomic E-state index is 0.196. The van der Waals surface area contributed by atoms with Crippen LogP contribution in [0.2, 0.25) is 0 Å². The zero-order valence-electron chi connectivity index (χ0n) is 11.9. The predicted octanol–water partition coefficient (Wildman–Crippen LogP) is 2.92. The van der Waals surface area contributed by atoms with Crippen LogP contribution in [0.25, 0.3) is 0 Å². The summed E-state index contributed by atoms with van der Waals surface area (Å²) in [7, 11) is 0. The number of rotatable bonds is 4. The van der Waals surface area contributed by atoms with Crippen LogP contribution in [0.1, 0.15) is 24.8 Å². The summed E-state index contributed by atoms with van der Waals surface area (Å²) in [5.74, 6) is 2.11. The van der Waals surface area contributed by atoms with Crippen molar-refractivity contribution < 1.29 is 4.79 Å². The van der Waals surface area contributed by atoms with Gasteiger partial charge in [0.05, 0.1) is 6.33 Å². The molecule has 1 aromatic heterocycles. The predicted molar refractivity (Wildman–Crippen MR) is 80.7 cm³/mol. The van der Waals surface area contributed by atoms with E-state index in [2.05, 4.69) is 16.4 Å². The van der Waals surface area contributed by atoms with E-state index >= 15 is 0 Å². The molecule has 4 rings (SSSR count). The molecule has 1 heterocycles. The first kappa shape index (κ1) is 12.6. The van der Waals surface area contributed by atoms with Gasteiger partial charge < -0.3 is 9.88 Å². The molecule has 0 saturated heterocycles. The summed E-state index contributed by atoms with van der Waals surface area (Å²) in [6.45, 7) is 0.775. The highest BCUT2D eigenvalue weighted by Gasteiger charge is 2.47. The summed E-state index contributed by atoms with van der Waals surface area (Å²) >= 11 is 0. The van der Waals surface area contributed by atoms with E-state index in [9.17, 15) is 4.79 Å². The standard InChI is InChI=1S/C17H19N3O/c21-17(15-8-13-7-14(13)9-15)19-16-3-1-2-12(6-16)10-20-5-4-18-11-20/h1-6,11,13-15H,7-10H2,(H,19,21). The summed E-state index contributed by atoms with van der Waals surface area (Å²) in [6, 6.07) is 8.08. The number of hydrogen-bond acceptors (Lipinski definition) is 2. The number of aromatic nitrogens is 2. The number of nitrogens with one attached hydrogen (secondary N) is 1. The maximum absolute atomic E-state index is 12.3. The van der Waals surface area contributed by atoms with E-state index < -0.39 is 0 Å². The smallest absolute Gasteiger partial charge is 0.227 e. The van der Waals surface area contributed by atoms with Crippen molar-refractivity contribution in [3.63, 3.8) is 0 Å². The van der Waals surface area contributed by atoms with E-state index in [-0.39, 0.29) is 11.8 Å². The molecule has 2 aromatic rings. The van der Waals surface area contributed by atoms with Crippen LogP contribution >= 0.6 is 0 Å². The van der Waals surface area contributed by atoms with Crippen molar-refractivity contribution in [3.05, 3.63) is 48.5 Å². The summed E-state index contributed by atoms with van der Waals surface area (Å²) in [4.78, 5) is 16.3. The molecular formula is C17H19N3O. The molecule has 21 heavy (non-hydrogen) atoms. The van der Waals surface area contributed by atoms with Crippen LogP contribution in [0, 0.1) is 17.8 Å². The molecule has 2 aliphatic rings. The Bertz CT molecular complexity index is 640. The lowest BCUT2D eigenvalue weighted by Gasteiger charge is -2.13. The quantitative estimate of drug-likeness (QED) is 0.936. The molecule has 0 bridgehead atoms. The molecule has 4 heteroatoms. The van der Waals surface area contributed by atoms with Gasteiger partial charge in [0, 0.05) is 30.5 Å². The van der Waals surface area contributed by atoms with Crippen molar-refractivity contribution in [2.24, 2.45) is 17.8 Å². The van der Waals surface area contributed by atoms with E-state index in [4.69, 9.17) is 0 Å². The average molecular weight is 281 g/mol. The number of anilines is 1. The SMILES string of the molecule is O=C(Nc1cccc(Cn2ccnc2)c1)C1CC2CC2C1. The van der Waals surface area contributed by atoms with Gasteiger partial charge in [-0.15, -0.1) is 0 Å². The van der Waals surface area contributed by atoms with Gasteiger partial charge >= 0.3 is 0 Å². The molecule has 2 fully saturated rings. The number of benzene rings is 1. The van der Waals surface area contributed by atoms with Gasteiger partial charge in [0.2, 0.25) is 5.91 Å². The fourth-order valence-electron chi connectivity index (χ4n) is 3.51. The lowest BCUT2D eigenvalue weighted by Crippen LogP contribution is -2.21. The van der Waals surface area contributed by atoms with Gasteiger partial charge in [-0.1, -0.05) is 12.1 Å². The van der Waals surface area contributed by atoms with Crippen molar-refractivity contribution in [1.82, 2.24) is 9.55 Å². The van der Waals surface area contributed by atoms with Crippen molar-refractivity contribution in [3.8, 4) is 0 Å². The molecule has 0 aliphatic heterocycles. The lowest BCUT2D eigenvalue weighted by molar-refractivity contribution is -0.120. The Hall–Kier alpha value is -2.10. The van der Waals surface area contributed by atoms with Gasteiger partial charge in [-0.05, 0) is 48.8 Å². The van der Waals surface area contributed by atoms with Crippen LogP contribution < -0.4 is 5.32 Å². The lowest BCUT2D eigenvalue weighted by atomic mass is 10.0. The van der Waals surface area contributed by atoms with E-state index in [0.717, 1.165) is 36.9 Å². The molecular weight excluding hydrogens is 262 g/mol. The minimum absolute atomic E-state index is 0.196. The van der Waals surface area contributed by atoms with E-state index in [1.807, 2.05) is 29.0 Å². The highest BCUT2D eigenvalue weighted by molar-refractivity contribution is 5.92. The Morgan fingerprint density at radius 1 is 1.29 bits per heavy atom. The molecule has 1 aromatic carbocycles. The summed E-state index contributed by atoms with van der Waals surface area (Å²) in [6.07, 6.45) is 9.05. The van der Waals surface area contributed by atoms with Crippen LogP contribution in [-0.4, -0.2) is 15.5 Å². The van der Waals surface area contributed by atoms with Gasteiger partial charge in [0.25, 0.3) is 0 Å². The Kier molecular flexibility index (Phi) is 3.02. The maximum Gasteiger partial charge on any atom is 0.227 e. The summed E-state index contributed by atoms with van der Waals surface area (Å²) in [5, 5.41) is 3.08. The van der Waals surface area contributed by atoms with Crippen molar-refractivity contribution in [1.29, 1.82) is 0 Å². The van der Waals surface area contributed by atoms with Gasteiger partial charge in [-0.3, -0.25) is 4.79 Å². The third kappa shape index (κ3) is 2.71. The summed E-state index contributed by atoms with van der Waals surface area (Å²) < 4.78 is 2.02. The molecule has 0 radical (unpaired) electrons. The first-order valence-corrected chi connectivity index (χ1v) is 7.63. The van der Waals surface area contributed by atoms with Crippen LogP contribution in [0.15, 0.2) is 43.0 Å². The molecule has 2 saturated carbocycles. The Balaban J connectivity index is 1.41. The van der Waals surface area contributed by atoms with E-state index in [1.54, 1.807) is 12.5 Å². The zero-order chi connectivity index (χ0) is 14.2. The second kappa shape index (κ2) is 5.02. The number of nitrogens with zero attached hydrogens (tertiary/aromatic N) is 2. The number of amides is 1. The molecule has 4 nitrogen and oxygen atoms in total. The highest BCUT2D eigenvalue weighted by atomic mass is 16.1. The second-order valence-corrected chi connectivity index (χ2v) is 6.35. The van der Waals surface area contributed by atoms with Crippen LogP contribution in [0.3, 0.4) is 0 Å². The molecule has 1 amide bonds. The number of carbonyl (C=O) groups is 1. The molecule has 1 N–H and O–H groups in total. The first-order valence-electron chi connectivity index (χ1n) is 7.63. The monoisotopic (exact) mass is 281 g/mol. The second-order valence-electron chi connectivity index (χ2n) is 6.35. The number of carbonyl (C=O) groups excluding carboxylic acids is 1. The molecule has 2 aliphatic carbocycles. The van der Waals surface area contributed by atoms with Gasteiger partial charge in [0.15, 0.2) is 0 Å². The molecule has 0 spiro atoms. The Morgan fingerprint density at radius 3 is 2.90 bits per heavy atom. The minimum Gasteiger partial charge on any atom is -0.333 e. The van der Waals surface area contributed by atoms with Gasteiger partial charge in [-0.25, -0.2) is 4.98 Å². The van der Waals surface area contributed by atoms with Gasteiger partial charge in [0.1, 0.15) is 0 Å². The Morgan fingerprint density at radius 2 is 2.14 bits per heavy atom. The number of imidazole rings is 1. The maximum atomic E-state index is 12.3. The third-order valence-electron chi connectivity index (χ3n) is 4.73. The fourth-order valence-corrected chi connectivity index (χ4v) is 3.51.